The fraction of sp³-hybridized carbons (Fsp3) is 0.211. The van der Waals surface area contributed by atoms with Gasteiger partial charge in [-0.1, -0.05) is 22.9 Å². The minimum Gasteiger partial charge on any atom is -0.383 e. The van der Waals surface area contributed by atoms with Crippen molar-refractivity contribution in [3.8, 4) is 0 Å². The van der Waals surface area contributed by atoms with Gasteiger partial charge in [0, 0.05) is 24.6 Å². The number of hydrogen-bond donors (Lipinski definition) is 1. The van der Waals surface area contributed by atoms with Crippen molar-refractivity contribution in [3.63, 3.8) is 0 Å². The zero-order valence-corrected chi connectivity index (χ0v) is 16.5. The Labute approximate surface area is 177 Å². The molecule has 1 atom stereocenters. The Kier molecular flexibility index (Phi) is 5.46. The van der Waals surface area contributed by atoms with Crippen LogP contribution in [0.1, 0.15) is 12.0 Å². The van der Waals surface area contributed by atoms with Crippen molar-refractivity contribution in [2.45, 2.75) is 25.1 Å². The summed E-state index contributed by atoms with van der Waals surface area (Å²) in [5, 5.41) is 22.6. The van der Waals surface area contributed by atoms with E-state index in [1.54, 1.807) is 0 Å². The molecule has 0 aliphatic heterocycles. The molecule has 4 rings (SSSR count). The van der Waals surface area contributed by atoms with Crippen LogP contribution in [0.2, 0.25) is 5.02 Å². The van der Waals surface area contributed by atoms with Gasteiger partial charge in [-0.05, 0) is 18.2 Å². The van der Waals surface area contributed by atoms with Crippen molar-refractivity contribution in [2.24, 2.45) is 0 Å². The van der Waals surface area contributed by atoms with Gasteiger partial charge >= 0.3 is 0 Å². The van der Waals surface area contributed by atoms with Gasteiger partial charge in [0.2, 0.25) is 0 Å². The first-order valence-corrected chi connectivity index (χ1v) is 9.37. The number of rotatable bonds is 6. The summed E-state index contributed by atoms with van der Waals surface area (Å²) in [6, 6.07) is 4.91. The summed E-state index contributed by atoms with van der Waals surface area (Å²) in [5.74, 6) is -2.56. The van der Waals surface area contributed by atoms with E-state index in [4.69, 9.17) is 11.6 Å². The van der Waals surface area contributed by atoms with Crippen LogP contribution in [0.4, 0.5) is 13.2 Å². The van der Waals surface area contributed by atoms with Crippen LogP contribution in [-0.4, -0.2) is 34.9 Å². The highest BCUT2D eigenvalue weighted by Gasteiger charge is 2.33. The number of aryl methyl sites for hydroxylation is 1. The van der Waals surface area contributed by atoms with Crippen molar-refractivity contribution >= 4 is 22.5 Å². The summed E-state index contributed by atoms with van der Waals surface area (Å²) in [6.45, 7) is -0.427. The van der Waals surface area contributed by atoms with E-state index in [-0.39, 0.29) is 41.0 Å². The van der Waals surface area contributed by atoms with E-state index in [1.165, 1.54) is 23.4 Å². The summed E-state index contributed by atoms with van der Waals surface area (Å²) in [4.78, 5) is 16.5. The van der Waals surface area contributed by atoms with E-state index < -0.39 is 28.6 Å². The summed E-state index contributed by atoms with van der Waals surface area (Å²) in [7, 11) is 0. The number of benzene rings is 2. The van der Waals surface area contributed by atoms with Crippen LogP contribution >= 0.6 is 11.6 Å². The fourth-order valence-electron chi connectivity index (χ4n) is 3.26. The molecule has 4 aromatic rings. The number of nitrogens with zero attached hydrogens (tertiary/aromatic N) is 6. The molecule has 1 N–H and O–H groups in total. The lowest BCUT2D eigenvalue weighted by molar-refractivity contribution is -0.00227. The topological polar surface area (TPSA) is 98.7 Å². The predicted octanol–water partition coefficient (Wildman–Crippen LogP) is 2.43. The highest BCUT2D eigenvalue weighted by Crippen LogP contribution is 2.30. The molecule has 0 amide bonds. The van der Waals surface area contributed by atoms with Crippen molar-refractivity contribution < 1.29 is 18.3 Å². The van der Waals surface area contributed by atoms with Gasteiger partial charge in [-0.2, -0.15) is 5.10 Å². The Morgan fingerprint density at radius 1 is 1.13 bits per heavy atom. The molecule has 0 aliphatic carbocycles. The van der Waals surface area contributed by atoms with Crippen LogP contribution in [0, 0.1) is 17.5 Å². The monoisotopic (exact) mass is 450 g/mol. The first kappa shape index (κ1) is 20.9. The second kappa shape index (κ2) is 8.08. The molecule has 0 aliphatic rings. The molecular formula is C19H14ClF3N6O2. The third-order valence-corrected chi connectivity index (χ3v) is 5.11. The Bertz CT molecular complexity index is 1310. The Balaban J connectivity index is 1.70. The lowest BCUT2D eigenvalue weighted by Gasteiger charge is -2.29. The van der Waals surface area contributed by atoms with Gasteiger partial charge in [0.15, 0.2) is 0 Å². The second-order valence-electron chi connectivity index (χ2n) is 6.90. The number of fused-ring (bicyclic) bond motifs is 1. The van der Waals surface area contributed by atoms with Crippen LogP contribution < -0.4 is 5.56 Å². The summed E-state index contributed by atoms with van der Waals surface area (Å²) in [5.41, 5.74) is -2.64. The predicted molar refractivity (Wildman–Crippen MR) is 104 cm³/mol. The number of halogens is 4. The Morgan fingerprint density at radius 3 is 2.65 bits per heavy atom. The molecule has 2 aromatic heterocycles. The minimum absolute atomic E-state index is 0.0512. The molecule has 12 heteroatoms. The van der Waals surface area contributed by atoms with Gasteiger partial charge < -0.3 is 5.11 Å². The van der Waals surface area contributed by atoms with Gasteiger partial charge in [0.05, 0.1) is 17.0 Å². The molecule has 8 nitrogen and oxygen atoms in total. The van der Waals surface area contributed by atoms with Crippen LogP contribution in [0.15, 0.2) is 47.8 Å². The van der Waals surface area contributed by atoms with Crippen LogP contribution in [-0.2, 0) is 18.7 Å². The highest BCUT2D eigenvalue weighted by molar-refractivity contribution is 6.31. The SMILES string of the molecule is O=c1c2cc(F)c(Cl)cc2nnn1CCC(O)(Cn1cncn1)c1ccc(F)cc1F. The van der Waals surface area contributed by atoms with Crippen molar-refractivity contribution in [1.82, 2.24) is 29.8 Å². The van der Waals surface area contributed by atoms with Crippen LogP contribution in [0.25, 0.3) is 10.9 Å². The van der Waals surface area contributed by atoms with Crippen LogP contribution in [0.5, 0.6) is 0 Å². The van der Waals surface area contributed by atoms with Gasteiger partial charge in [-0.25, -0.2) is 27.5 Å². The quantitative estimate of drug-likeness (QED) is 0.484. The molecule has 2 heterocycles. The van der Waals surface area contributed by atoms with Gasteiger partial charge in [-0.3, -0.25) is 4.79 Å². The lowest BCUT2D eigenvalue weighted by atomic mass is 9.89. The first-order valence-electron chi connectivity index (χ1n) is 9.00. The molecule has 160 valence electrons. The summed E-state index contributed by atoms with van der Waals surface area (Å²) >= 11 is 5.70. The van der Waals surface area contributed by atoms with E-state index in [0.29, 0.717) is 6.07 Å². The van der Waals surface area contributed by atoms with Gasteiger partial charge in [-0.15, -0.1) is 5.10 Å². The molecule has 0 radical (unpaired) electrons. The molecule has 0 saturated carbocycles. The number of hydrogen-bond acceptors (Lipinski definition) is 6. The summed E-state index contributed by atoms with van der Waals surface area (Å²) < 4.78 is 43.8. The lowest BCUT2D eigenvalue weighted by Crippen LogP contribution is -2.36. The number of aliphatic hydroxyl groups is 1. The molecule has 0 bridgehead atoms. The van der Waals surface area contributed by atoms with E-state index >= 15 is 0 Å². The number of aromatic nitrogens is 6. The van der Waals surface area contributed by atoms with E-state index in [0.717, 1.165) is 22.9 Å². The van der Waals surface area contributed by atoms with Crippen molar-refractivity contribution in [2.75, 3.05) is 0 Å². The first-order chi connectivity index (χ1) is 14.8. The average Bonchev–Trinajstić information content (AvgIpc) is 3.21. The Morgan fingerprint density at radius 2 is 1.94 bits per heavy atom. The molecule has 0 saturated heterocycles. The standard InChI is InChI=1S/C19H14ClF3N6O2/c20-14-7-17-12(6-16(14)23)18(30)29(27-26-17)4-3-19(31,8-28-10-24-9-25-28)13-2-1-11(21)5-15(13)22/h1-2,5-7,9-10,31H,3-4,8H2. The molecule has 1 unspecified atom stereocenters. The third kappa shape index (κ3) is 4.14. The van der Waals surface area contributed by atoms with E-state index in [9.17, 15) is 23.1 Å². The van der Waals surface area contributed by atoms with E-state index in [1.807, 2.05) is 0 Å². The van der Waals surface area contributed by atoms with Crippen molar-refractivity contribution in [1.29, 1.82) is 0 Å². The zero-order chi connectivity index (χ0) is 22.2. The Hall–Kier alpha value is -3.31. The minimum atomic E-state index is -1.90. The van der Waals surface area contributed by atoms with Gasteiger partial charge in [0.25, 0.3) is 5.56 Å². The molecule has 0 fully saturated rings. The zero-order valence-electron chi connectivity index (χ0n) is 15.7. The molecule has 0 spiro atoms. The normalized spacial score (nSPS) is 13.5. The van der Waals surface area contributed by atoms with E-state index in [2.05, 4.69) is 20.4 Å². The summed E-state index contributed by atoms with van der Waals surface area (Å²) in [6.07, 6.45) is 2.34. The maximum atomic E-state index is 14.5. The smallest absolute Gasteiger partial charge is 0.277 e. The fourth-order valence-corrected chi connectivity index (χ4v) is 3.42. The molecule has 31 heavy (non-hydrogen) atoms. The van der Waals surface area contributed by atoms with Gasteiger partial charge in [0.1, 0.15) is 41.2 Å². The second-order valence-corrected chi connectivity index (χ2v) is 7.31. The third-order valence-electron chi connectivity index (χ3n) is 4.82. The highest BCUT2D eigenvalue weighted by atomic mass is 35.5. The maximum absolute atomic E-state index is 14.5. The van der Waals surface area contributed by atoms with Crippen molar-refractivity contribution in [3.05, 3.63) is 81.4 Å². The van der Waals surface area contributed by atoms with Crippen LogP contribution in [0.3, 0.4) is 0 Å². The maximum Gasteiger partial charge on any atom is 0.277 e. The molecular weight excluding hydrogens is 437 g/mol. The average molecular weight is 451 g/mol. The largest absolute Gasteiger partial charge is 0.383 e. The molecule has 2 aromatic carbocycles.